The Labute approximate surface area is 107 Å². The number of nitrogen functional groups attached to an aromatic ring is 1. The lowest BCUT2D eigenvalue weighted by molar-refractivity contribution is 0.102. The summed E-state index contributed by atoms with van der Waals surface area (Å²) in [4.78, 5) is 26.8. The Morgan fingerprint density at radius 3 is 2.79 bits per heavy atom. The summed E-state index contributed by atoms with van der Waals surface area (Å²) in [6.07, 6.45) is 1.47. The van der Waals surface area contributed by atoms with E-state index in [0.29, 0.717) is 22.5 Å². The number of benzene rings is 1. The van der Waals surface area contributed by atoms with Crippen LogP contribution < -0.4 is 11.1 Å². The van der Waals surface area contributed by atoms with Crippen molar-refractivity contribution in [3.05, 3.63) is 42.2 Å². The molecule has 0 unspecified atom stereocenters. The number of hydrogen-bond acceptors (Lipinski definition) is 5. The van der Waals surface area contributed by atoms with E-state index < -0.39 is 0 Å². The third-order valence-corrected chi connectivity index (χ3v) is 2.57. The molecule has 0 radical (unpaired) electrons. The summed E-state index contributed by atoms with van der Waals surface area (Å²) in [6.45, 7) is 0. The van der Waals surface area contributed by atoms with Gasteiger partial charge in [0.25, 0.3) is 5.91 Å². The lowest BCUT2D eigenvalue weighted by atomic mass is 10.2. The first-order valence-corrected chi connectivity index (χ1v) is 5.57. The maximum absolute atomic E-state index is 12.0. The highest BCUT2D eigenvalue weighted by Crippen LogP contribution is 2.17. The standard InChI is InChI=1S/C12H10N6O/c13-12-17-9-8(14-6-15-9)10(18-12)16-11(19)7-4-2-1-3-5-7/h1-6H,(H4,13,14,15,16,17,18,19). The van der Waals surface area contributed by atoms with Crippen molar-refractivity contribution in [1.82, 2.24) is 19.9 Å². The van der Waals surface area contributed by atoms with Crippen LogP contribution in [0.5, 0.6) is 0 Å². The van der Waals surface area contributed by atoms with E-state index in [0.717, 1.165) is 0 Å². The largest absolute Gasteiger partial charge is 0.368 e. The first-order valence-electron chi connectivity index (χ1n) is 5.57. The summed E-state index contributed by atoms with van der Waals surface area (Å²) in [7, 11) is 0. The molecule has 19 heavy (non-hydrogen) atoms. The topological polar surface area (TPSA) is 110 Å². The summed E-state index contributed by atoms with van der Waals surface area (Å²) in [5.74, 6) is 0.103. The number of imidazole rings is 1. The minimum absolute atomic E-state index is 0.0583. The molecule has 0 atom stereocenters. The highest BCUT2D eigenvalue weighted by Gasteiger charge is 2.12. The van der Waals surface area contributed by atoms with Crippen molar-refractivity contribution >= 4 is 28.8 Å². The van der Waals surface area contributed by atoms with Crippen molar-refractivity contribution in [2.45, 2.75) is 0 Å². The predicted octanol–water partition coefficient (Wildman–Crippen LogP) is 1.19. The number of aromatic nitrogens is 4. The van der Waals surface area contributed by atoms with Crippen molar-refractivity contribution in [2.75, 3.05) is 11.1 Å². The number of nitrogens with one attached hydrogen (secondary N) is 2. The van der Waals surface area contributed by atoms with E-state index in [1.165, 1.54) is 6.33 Å². The number of fused-ring (bicyclic) bond motifs is 1. The molecule has 0 aliphatic heterocycles. The molecule has 0 aliphatic rings. The van der Waals surface area contributed by atoms with Crippen molar-refractivity contribution < 1.29 is 4.79 Å². The fourth-order valence-electron chi connectivity index (χ4n) is 1.71. The van der Waals surface area contributed by atoms with E-state index in [-0.39, 0.29) is 11.9 Å². The normalized spacial score (nSPS) is 10.5. The highest BCUT2D eigenvalue weighted by atomic mass is 16.1. The number of anilines is 2. The third kappa shape index (κ3) is 2.08. The van der Waals surface area contributed by atoms with Crippen LogP contribution in [0.4, 0.5) is 11.8 Å². The summed E-state index contributed by atoms with van der Waals surface area (Å²) < 4.78 is 0. The van der Waals surface area contributed by atoms with Crippen LogP contribution >= 0.6 is 0 Å². The quantitative estimate of drug-likeness (QED) is 0.636. The average molecular weight is 254 g/mol. The number of carbonyl (C=O) groups excluding carboxylic acids is 1. The average Bonchev–Trinajstić information content (AvgIpc) is 2.88. The molecule has 0 aliphatic carbocycles. The van der Waals surface area contributed by atoms with Gasteiger partial charge in [-0.25, -0.2) is 4.98 Å². The highest BCUT2D eigenvalue weighted by molar-refractivity contribution is 6.06. The van der Waals surface area contributed by atoms with Gasteiger partial charge in [0, 0.05) is 5.56 Å². The second-order valence-corrected chi connectivity index (χ2v) is 3.85. The fraction of sp³-hybridized carbons (Fsp3) is 0. The molecule has 1 aromatic carbocycles. The molecular formula is C12H10N6O. The van der Waals surface area contributed by atoms with Gasteiger partial charge in [0.1, 0.15) is 5.52 Å². The number of nitrogens with two attached hydrogens (primary N) is 1. The Morgan fingerprint density at radius 2 is 2.00 bits per heavy atom. The lowest BCUT2D eigenvalue weighted by Gasteiger charge is -2.05. The number of aromatic amines is 1. The Kier molecular flexibility index (Phi) is 2.57. The second kappa shape index (κ2) is 4.37. The smallest absolute Gasteiger partial charge is 0.256 e. The predicted molar refractivity (Wildman–Crippen MR) is 70.5 cm³/mol. The number of carbonyl (C=O) groups is 1. The molecule has 0 spiro atoms. The molecule has 2 aromatic heterocycles. The molecule has 3 rings (SSSR count). The molecule has 0 fully saturated rings. The minimum Gasteiger partial charge on any atom is -0.368 e. The van der Waals surface area contributed by atoms with Crippen LogP contribution in [0.15, 0.2) is 36.7 Å². The van der Waals surface area contributed by atoms with Gasteiger partial charge in [0.05, 0.1) is 6.33 Å². The van der Waals surface area contributed by atoms with Crippen LogP contribution in [-0.2, 0) is 0 Å². The Morgan fingerprint density at radius 1 is 1.21 bits per heavy atom. The van der Waals surface area contributed by atoms with E-state index in [1.54, 1.807) is 24.3 Å². The monoisotopic (exact) mass is 254 g/mol. The third-order valence-electron chi connectivity index (χ3n) is 2.57. The van der Waals surface area contributed by atoms with Gasteiger partial charge in [-0.05, 0) is 12.1 Å². The molecule has 94 valence electrons. The van der Waals surface area contributed by atoms with Gasteiger partial charge in [0.2, 0.25) is 5.95 Å². The van der Waals surface area contributed by atoms with Gasteiger partial charge >= 0.3 is 0 Å². The zero-order valence-electron chi connectivity index (χ0n) is 9.79. The van der Waals surface area contributed by atoms with E-state index in [4.69, 9.17) is 5.73 Å². The van der Waals surface area contributed by atoms with Gasteiger partial charge in [0.15, 0.2) is 11.5 Å². The number of amides is 1. The first kappa shape index (κ1) is 11.1. The Balaban J connectivity index is 1.97. The molecule has 0 bridgehead atoms. The molecule has 1 amide bonds. The van der Waals surface area contributed by atoms with Crippen molar-refractivity contribution in [3.63, 3.8) is 0 Å². The summed E-state index contributed by atoms with van der Waals surface area (Å²) >= 11 is 0. The molecule has 7 heteroatoms. The summed E-state index contributed by atoms with van der Waals surface area (Å²) in [5.41, 5.74) is 7.06. The van der Waals surface area contributed by atoms with Crippen molar-refractivity contribution in [2.24, 2.45) is 0 Å². The zero-order chi connectivity index (χ0) is 13.2. The van der Waals surface area contributed by atoms with Gasteiger partial charge < -0.3 is 16.0 Å². The molecule has 0 saturated heterocycles. The first-order chi connectivity index (χ1) is 9.24. The molecular weight excluding hydrogens is 244 g/mol. The van der Waals surface area contributed by atoms with Crippen LogP contribution in [0.3, 0.4) is 0 Å². The number of rotatable bonds is 2. The number of hydrogen-bond donors (Lipinski definition) is 3. The van der Waals surface area contributed by atoms with E-state index in [1.807, 2.05) is 6.07 Å². The second-order valence-electron chi connectivity index (χ2n) is 3.85. The SMILES string of the molecule is Nc1nc(NC(=O)c2ccccc2)c2[nH]cnc2n1. The lowest BCUT2D eigenvalue weighted by Crippen LogP contribution is -2.14. The maximum atomic E-state index is 12.0. The van der Waals surface area contributed by atoms with Crippen LogP contribution in [0.2, 0.25) is 0 Å². The van der Waals surface area contributed by atoms with Crippen LogP contribution in [0.1, 0.15) is 10.4 Å². The van der Waals surface area contributed by atoms with Crippen LogP contribution in [0.25, 0.3) is 11.2 Å². The summed E-state index contributed by atoms with van der Waals surface area (Å²) in [6, 6.07) is 8.84. The fourth-order valence-corrected chi connectivity index (χ4v) is 1.71. The zero-order valence-corrected chi connectivity index (χ0v) is 9.79. The van der Waals surface area contributed by atoms with Gasteiger partial charge in [-0.15, -0.1) is 0 Å². The molecule has 0 saturated carbocycles. The van der Waals surface area contributed by atoms with E-state index >= 15 is 0 Å². The van der Waals surface area contributed by atoms with E-state index in [9.17, 15) is 4.79 Å². The van der Waals surface area contributed by atoms with Gasteiger partial charge in [-0.2, -0.15) is 9.97 Å². The molecule has 7 nitrogen and oxygen atoms in total. The van der Waals surface area contributed by atoms with Crippen LogP contribution in [-0.4, -0.2) is 25.8 Å². The van der Waals surface area contributed by atoms with Gasteiger partial charge in [-0.1, -0.05) is 18.2 Å². The maximum Gasteiger partial charge on any atom is 0.256 e. The molecule has 3 aromatic rings. The van der Waals surface area contributed by atoms with Crippen molar-refractivity contribution in [3.8, 4) is 0 Å². The van der Waals surface area contributed by atoms with E-state index in [2.05, 4.69) is 25.3 Å². The molecule has 2 heterocycles. The van der Waals surface area contributed by atoms with Gasteiger partial charge in [-0.3, -0.25) is 4.79 Å². The summed E-state index contributed by atoms with van der Waals surface area (Å²) in [5, 5.41) is 2.69. The Bertz CT molecular complexity index is 736. The van der Waals surface area contributed by atoms with Crippen LogP contribution in [0, 0.1) is 0 Å². The Hall–Kier alpha value is -2.96. The number of H-pyrrole nitrogens is 1. The molecule has 4 N–H and O–H groups in total. The van der Waals surface area contributed by atoms with Crippen molar-refractivity contribution in [1.29, 1.82) is 0 Å². The minimum atomic E-state index is -0.269. The number of nitrogens with zero attached hydrogens (tertiary/aromatic N) is 3.